The van der Waals surface area contributed by atoms with Crippen molar-refractivity contribution in [3.05, 3.63) is 58.1 Å². The van der Waals surface area contributed by atoms with E-state index in [4.69, 9.17) is 30.8 Å². The van der Waals surface area contributed by atoms with Crippen LogP contribution in [0, 0.1) is 5.82 Å². The van der Waals surface area contributed by atoms with Crippen molar-refractivity contribution in [3.63, 3.8) is 0 Å². The number of pyridine rings is 1. The van der Waals surface area contributed by atoms with Gasteiger partial charge in [0.25, 0.3) is 6.01 Å². The summed E-state index contributed by atoms with van der Waals surface area (Å²) in [6, 6.07) is 7.61. The van der Waals surface area contributed by atoms with Crippen LogP contribution in [0.15, 0.2) is 30.5 Å². The molecule has 3 aromatic heterocycles. The number of ether oxygens (including phenoxy) is 3. The van der Waals surface area contributed by atoms with Crippen molar-refractivity contribution in [2.75, 3.05) is 13.2 Å². The van der Waals surface area contributed by atoms with E-state index in [0.29, 0.717) is 34.9 Å². The minimum atomic E-state index is -0.649. The highest BCUT2D eigenvalue weighted by molar-refractivity contribution is 6.31. The molecule has 1 aromatic carbocycles. The third-order valence-electron chi connectivity index (χ3n) is 7.66. The molecule has 0 radical (unpaired) electrons. The molecule has 37 heavy (non-hydrogen) atoms. The number of benzene rings is 1. The Bertz CT molecular complexity index is 1510. The van der Waals surface area contributed by atoms with Gasteiger partial charge in [0.15, 0.2) is 11.8 Å². The summed E-state index contributed by atoms with van der Waals surface area (Å²) in [6.45, 7) is 0.531. The van der Waals surface area contributed by atoms with Gasteiger partial charge < -0.3 is 24.3 Å². The number of H-pyrrole nitrogens is 1. The molecule has 192 valence electrons. The van der Waals surface area contributed by atoms with Crippen LogP contribution in [0.4, 0.5) is 4.39 Å². The van der Waals surface area contributed by atoms with E-state index < -0.39 is 6.10 Å². The molecule has 1 aliphatic carbocycles. The Balaban J connectivity index is 1.12. The van der Waals surface area contributed by atoms with Gasteiger partial charge in [0.1, 0.15) is 24.1 Å². The summed E-state index contributed by atoms with van der Waals surface area (Å²) in [7, 11) is 1.85. The fraction of sp³-hybridized carbons (Fsp3) is 0.423. The summed E-state index contributed by atoms with van der Waals surface area (Å²) in [5.74, 6) is -0.230. The van der Waals surface area contributed by atoms with Gasteiger partial charge in [-0.25, -0.2) is 9.37 Å². The molecule has 9 nitrogen and oxygen atoms in total. The number of fused-ring (bicyclic) bond motifs is 3. The number of aromatic nitrogens is 5. The first kappa shape index (κ1) is 23.1. The smallest absolute Gasteiger partial charge is 0.296 e. The first-order valence-corrected chi connectivity index (χ1v) is 12.8. The van der Waals surface area contributed by atoms with E-state index in [1.165, 1.54) is 0 Å². The van der Waals surface area contributed by atoms with Crippen molar-refractivity contribution < 1.29 is 23.7 Å². The molecule has 2 fully saturated rings. The van der Waals surface area contributed by atoms with Gasteiger partial charge in [0.05, 0.1) is 35.1 Å². The normalized spacial score (nSPS) is 26.6. The first-order valence-electron chi connectivity index (χ1n) is 12.4. The molecular formula is C26H25ClFN5O4. The Hall–Kier alpha value is -3.05. The molecule has 7 rings (SSSR count). The Kier molecular flexibility index (Phi) is 5.47. The molecule has 0 spiro atoms. The zero-order valence-corrected chi connectivity index (χ0v) is 20.8. The number of nitrogens with zero attached hydrogens (tertiary/aromatic N) is 4. The number of aliphatic hydroxyl groups excluding tert-OH is 1. The second-order valence-electron chi connectivity index (χ2n) is 9.96. The van der Waals surface area contributed by atoms with Crippen molar-refractivity contribution in [2.45, 2.75) is 49.6 Å². The number of rotatable bonds is 5. The first-order chi connectivity index (χ1) is 17.9. The fourth-order valence-electron chi connectivity index (χ4n) is 5.88. The maximum absolute atomic E-state index is 15.3. The molecule has 0 amide bonds. The van der Waals surface area contributed by atoms with E-state index in [1.807, 2.05) is 13.1 Å². The highest BCUT2D eigenvalue weighted by Gasteiger charge is 2.48. The van der Waals surface area contributed by atoms with Crippen LogP contribution in [-0.4, -0.2) is 67.5 Å². The SMILES string of the molecule is Cn1nccc1-c1cc(F)c2c(c1)CCC2Cc1nc2nc(O[C@@H]3CO[C@H]4[C@@H]3OC[C@H]4O)[nH]c2cc1Cl. The quantitative estimate of drug-likeness (QED) is 0.411. The van der Waals surface area contributed by atoms with Crippen molar-refractivity contribution in [1.82, 2.24) is 24.7 Å². The summed E-state index contributed by atoms with van der Waals surface area (Å²) < 4.78 is 34.3. The van der Waals surface area contributed by atoms with Gasteiger partial charge in [-0.15, -0.1) is 0 Å². The van der Waals surface area contributed by atoms with Crippen LogP contribution in [0.2, 0.25) is 5.02 Å². The van der Waals surface area contributed by atoms with E-state index in [0.717, 1.165) is 35.2 Å². The highest BCUT2D eigenvalue weighted by atomic mass is 35.5. The van der Waals surface area contributed by atoms with Crippen molar-refractivity contribution in [1.29, 1.82) is 0 Å². The van der Waals surface area contributed by atoms with Crippen LogP contribution in [0.1, 0.15) is 29.2 Å². The van der Waals surface area contributed by atoms with E-state index in [-0.39, 0.29) is 42.7 Å². The summed E-state index contributed by atoms with van der Waals surface area (Å²) in [5, 5.41) is 14.6. The maximum Gasteiger partial charge on any atom is 0.296 e. The monoisotopic (exact) mass is 525 g/mol. The molecule has 2 saturated heterocycles. The molecule has 5 heterocycles. The number of halogens is 2. The fourth-order valence-corrected chi connectivity index (χ4v) is 6.10. The molecule has 4 aromatic rings. The number of aryl methyl sites for hydroxylation is 2. The van der Waals surface area contributed by atoms with Crippen LogP contribution in [-0.2, 0) is 29.4 Å². The summed E-state index contributed by atoms with van der Waals surface area (Å²) in [4.78, 5) is 12.3. The average Bonchev–Trinajstić information content (AvgIpc) is 3.67. The van der Waals surface area contributed by atoms with E-state index in [2.05, 4.69) is 21.1 Å². The largest absolute Gasteiger partial charge is 0.456 e. The summed E-state index contributed by atoms with van der Waals surface area (Å²) in [6.07, 6.45) is 2.08. The number of hydrogen-bond acceptors (Lipinski definition) is 7. The molecule has 1 unspecified atom stereocenters. The molecule has 2 N–H and O–H groups in total. The van der Waals surface area contributed by atoms with Crippen LogP contribution in [0.3, 0.4) is 0 Å². The maximum atomic E-state index is 15.3. The van der Waals surface area contributed by atoms with E-state index >= 15 is 4.39 Å². The van der Waals surface area contributed by atoms with Crippen LogP contribution in [0.25, 0.3) is 22.4 Å². The molecule has 11 heteroatoms. The lowest BCUT2D eigenvalue weighted by atomic mass is 9.94. The average molecular weight is 526 g/mol. The molecule has 0 saturated carbocycles. The van der Waals surface area contributed by atoms with Gasteiger partial charge in [-0.05, 0) is 60.6 Å². The van der Waals surface area contributed by atoms with Gasteiger partial charge in [0.2, 0.25) is 0 Å². The van der Waals surface area contributed by atoms with E-state index in [1.54, 1.807) is 23.0 Å². The number of nitrogens with one attached hydrogen (secondary N) is 1. The second kappa shape index (κ2) is 8.76. The number of hydrogen-bond donors (Lipinski definition) is 2. The van der Waals surface area contributed by atoms with Gasteiger partial charge in [0, 0.05) is 18.8 Å². The minimum Gasteiger partial charge on any atom is -0.456 e. The lowest BCUT2D eigenvalue weighted by Gasteiger charge is -2.15. The van der Waals surface area contributed by atoms with Gasteiger partial charge in [-0.3, -0.25) is 4.68 Å². The Morgan fingerprint density at radius 2 is 2.08 bits per heavy atom. The second-order valence-corrected chi connectivity index (χ2v) is 10.4. The zero-order chi connectivity index (χ0) is 25.3. The van der Waals surface area contributed by atoms with Gasteiger partial charge >= 0.3 is 0 Å². The topological polar surface area (TPSA) is 107 Å². The predicted octanol–water partition coefficient (Wildman–Crippen LogP) is 3.33. The molecular weight excluding hydrogens is 501 g/mol. The van der Waals surface area contributed by atoms with Gasteiger partial charge in [-0.1, -0.05) is 11.6 Å². The zero-order valence-electron chi connectivity index (χ0n) is 20.0. The standard InChI is InChI=1S/C26H25ClFN5O4/c1-33-19(4-5-29-33)14-6-12-2-3-13(22(12)16(28)7-14)8-17-15(27)9-18-25(30-17)32-26(31-18)37-21-11-36-23-20(34)10-35-24(21)23/h4-7,9,13,20-21,23-24,34H,2-3,8,10-11H2,1H3,(H,30,31,32)/t13?,20-,21-,23-,24-/m1/s1. The molecule has 3 aliphatic rings. The number of imidazole rings is 1. The lowest BCUT2D eigenvalue weighted by molar-refractivity contribution is 0.00706. The Labute approximate surface area is 216 Å². The highest BCUT2D eigenvalue weighted by Crippen LogP contribution is 2.40. The Morgan fingerprint density at radius 1 is 1.22 bits per heavy atom. The van der Waals surface area contributed by atoms with Crippen LogP contribution in [0.5, 0.6) is 6.01 Å². The Morgan fingerprint density at radius 3 is 2.92 bits per heavy atom. The predicted molar refractivity (Wildman–Crippen MR) is 132 cm³/mol. The number of aromatic amines is 1. The van der Waals surface area contributed by atoms with Crippen molar-refractivity contribution in [3.8, 4) is 17.3 Å². The van der Waals surface area contributed by atoms with E-state index in [9.17, 15) is 5.11 Å². The molecule has 5 atom stereocenters. The van der Waals surface area contributed by atoms with Crippen molar-refractivity contribution in [2.24, 2.45) is 7.05 Å². The molecule has 0 bridgehead atoms. The number of aliphatic hydroxyl groups is 1. The van der Waals surface area contributed by atoms with Crippen molar-refractivity contribution >= 4 is 22.8 Å². The van der Waals surface area contributed by atoms with Crippen LogP contribution < -0.4 is 4.74 Å². The van der Waals surface area contributed by atoms with Gasteiger partial charge in [-0.2, -0.15) is 10.1 Å². The summed E-state index contributed by atoms with van der Waals surface area (Å²) in [5.41, 5.74) is 5.26. The lowest BCUT2D eigenvalue weighted by Crippen LogP contribution is -2.34. The minimum absolute atomic E-state index is 0.0220. The third kappa shape index (κ3) is 3.90. The third-order valence-corrected chi connectivity index (χ3v) is 7.99. The molecule has 2 aliphatic heterocycles. The van der Waals surface area contributed by atoms with Crippen LogP contribution >= 0.6 is 11.6 Å². The summed E-state index contributed by atoms with van der Waals surface area (Å²) >= 11 is 6.60.